The van der Waals surface area contributed by atoms with Gasteiger partial charge in [-0.15, -0.1) is 0 Å². The van der Waals surface area contributed by atoms with Crippen molar-refractivity contribution in [1.82, 2.24) is 0 Å². The fraction of sp³-hybridized carbons (Fsp3) is 0.0909. The van der Waals surface area contributed by atoms with Crippen molar-refractivity contribution in [2.45, 2.75) is 12.0 Å². The number of furan rings is 1. The normalized spacial score (nSPS) is 21.2. The SMILES string of the molecule is O=C1C2=C(C(=O)C1c1ccc(F)cc1)[N+](c1ccco1)=NC2c1ccccc1. The maximum Gasteiger partial charge on any atom is 0.404 e. The van der Waals surface area contributed by atoms with Crippen LogP contribution in [0, 0.1) is 5.82 Å². The van der Waals surface area contributed by atoms with Gasteiger partial charge in [0.15, 0.2) is 11.8 Å². The van der Waals surface area contributed by atoms with Crippen molar-refractivity contribution in [1.29, 1.82) is 0 Å². The number of nitrogens with zero attached hydrogens (tertiary/aromatic N) is 2. The second kappa shape index (κ2) is 6.20. The Morgan fingerprint density at radius 2 is 1.61 bits per heavy atom. The Bertz CT molecular complexity index is 1150. The van der Waals surface area contributed by atoms with Crippen LogP contribution in [0.3, 0.4) is 0 Å². The summed E-state index contributed by atoms with van der Waals surface area (Å²) in [4.78, 5) is 26.5. The van der Waals surface area contributed by atoms with Crippen molar-refractivity contribution in [3.05, 3.63) is 101 Å². The predicted octanol–water partition coefficient (Wildman–Crippen LogP) is 4.46. The van der Waals surface area contributed by atoms with E-state index in [1.807, 2.05) is 30.3 Å². The van der Waals surface area contributed by atoms with Crippen LogP contribution in [0.5, 0.6) is 0 Å². The molecule has 0 radical (unpaired) electrons. The quantitative estimate of drug-likeness (QED) is 0.503. The molecule has 0 spiro atoms. The number of halogens is 1. The minimum absolute atomic E-state index is 0.225. The molecule has 0 saturated heterocycles. The number of ketones is 2. The zero-order valence-electron chi connectivity index (χ0n) is 14.6. The van der Waals surface area contributed by atoms with E-state index in [0.29, 0.717) is 17.0 Å². The zero-order chi connectivity index (χ0) is 19.3. The van der Waals surface area contributed by atoms with Crippen LogP contribution in [-0.2, 0) is 9.59 Å². The summed E-state index contributed by atoms with van der Waals surface area (Å²) in [5.41, 5.74) is 1.85. The molecule has 0 fully saturated rings. The molecule has 3 aromatic rings. The number of azo groups is 2. The molecule has 28 heavy (non-hydrogen) atoms. The van der Waals surface area contributed by atoms with Crippen molar-refractivity contribution in [2.24, 2.45) is 5.11 Å². The molecule has 0 bridgehead atoms. The Hall–Kier alpha value is -3.67. The average Bonchev–Trinajstić information content (AvgIpc) is 3.42. The summed E-state index contributed by atoms with van der Waals surface area (Å²) in [6.45, 7) is 0. The fourth-order valence-corrected chi connectivity index (χ4v) is 3.76. The van der Waals surface area contributed by atoms with Crippen molar-refractivity contribution >= 4 is 17.5 Å². The third kappa shape index (κ3) is 2.38. The lowest BCUT2D eigenvalue weighted by Gasteiger charge is -2.11. The standard InChI is InChI=1S/C22H14FN2O3/c23-15-10-8-13(9-11-15)17-21(26)18-19(14-5-2-1-3-6-14)24-25(20(18)22(17)27)16-7-4-12-28-16/h1-12,17,19H/q+1. The van der Waals surface area contributed by atoms with Gasteiger partial charge in [0.2, 0.25) is 5.78 Å². The molecule has 1 aliphatic heterocycles. The van der Waals surface area contributed by atoms with Gasteiger partial charge in [0.1, 0.15) is 17.3 Å². The number of rotatable bonds is 3. The largest absolute Gasteiger partial charge is 0.411 e. The van der Waals surface area contributed by atoms with Gasteiger partial charge in [-0.3, -0.25) is 9.59 Å². The van der Waals surface area contributed by atoms with Crippen molar-refractivity contribution in [3.63, 3.8) is 0 Å². The molecule has 2 aromatic carbocycles. The zero-order valence-corrected chi connectivity index (χ0v) is 14.6. The Morgan fingerprint density at radius 3 is 2.29 bits per heavy atom. The second-order valence-electron chi connectivity index (χ2n) is 6.67. The van der Waals surface area contributed by atoms with E-state index in [1.165, 1.54) is 35.2 Å². The van der Waals surface area contributed by atoms with E-state index in [9.17, 15) is 14.0 Å². The van der Waals surface area contributed by atoms with Gasteiger partial charge in [-0.2, -0.15) is 0 Å². The number of allylic oxidation sites excluding steroid dienone is 1. The van der Waals surface area contributed by atoms with Gasteiger partial charge in [0.25, 0.3) is 5.70 Å². The molecule has 6 heteroatoms. The maximum atomic E-state index is 13.3. The van der Waals surface area contributed by atoms with Crippen molar-refractivity contribution in [2.75, 3.05) is 0 Å². The summed E-state index contributed by atoms with van der Waals surface area (Å²) < 4.78 is 20.2. The fourth-order valence-electron chi connectivity index (χ4n) is 3.76. The van der Waals surface area contributed by atoms with Gasteiger partial charge in [0.05, 0.1) is 12.3 Å². The highest BCUT2D eigenvalue weighted by molar-refractivity contribution is 6.27. The first-order chi connectivity index (χ1) is 13.6. The van der Waals surface area contributed by atoms with E-state index in [0.717, 1.165) is 5.56 Å². The highest BCUT2D eigenvalue weighted by atomic mass is 19.1. The minimum Gasteiger partial charge on any atom is -0.411 e. The van der Waals surface area contributed by atoms with Crippen LogP contribution in [-0.4, -0.2) is 16.3 Å². The summed E-state index contributed by atoms with van der Waals surface area (Å²) >= 11 is 0. The van der Waals surface area contributed by atoms with E-state index in [4.69, 9.17) is 4.42 Å². The van der Waals surface area contributed by atoms with Gasteiger partial charge in [-0.05, 0) is 39.1 Å². The molecule has 1 aromatic heterocycles. The number of benzene rings is 2. The van der Waals surface area contributed by atoms with Gasteiger partial charge < -0.3 is 4.42 Å². The highest BCUT2D eigenvalue weighted by Gasteiger charge is 2.56. The van der Waals surface area contributed by atoms with E-state index in [-0.39, 0.29) is 17.3 Å². The Kier molecular flexibility index (Phi) is 3.65. The molecule has 0 amide bonds. The Balaban J connectivity index is 1.65. The second-order valence-corrected chi connectivity index (χ2v) is 6.67. The van der Waals surface area contributed by atoms with Crippen LogP contribution in [0.25, 0.3) is 0 Å². The van der Waals surface area contributed by atoms with Crippen LogP contribution < -0.4 is 0 Å². The summed E-state index contributed by atoms with van der Waals surface area (Å²) in [6, 6.07) is 17.6. The van der Waals surface area contributed by atoms with E-state index in [1.54, 1.807) is 12.1 Å². The van der Waals surface area contributed by atoms with E-state index < -0.39 is 17.8 Å². The molecule has 2 unspecified atom stereocenters. The molecule has 0 saturated carbocycles. The smallest absolute Gasteiger partial charge is 0.404 e. The molecule has 1 aliphatic carbocycles. The summed E-state index contributed by atoms with van der Waals surface area (Å²) in [6.07, 6.45) is 1.49. The van der Waals surface area contributed by atoms with E-state index in [2.05, 4.69) is 5.11 Å². The monoisotopic (exact) mass is 373 g/mol. The average molecular weight is 373 g/mol. The number of carbonyl (C=O) groups excluding carboxylic acids is 2. The van der Waals surface area contributed by atoms with Crippen LogP contribution in [0.2, 0.25) is 0 Å². The highest BCUT2D eigenvalue weighted by Crippen LogP contribution is 2.46. The van der Waals surface area contributed by atoms with Gasteiger partial charge >= 0.3 is 5.88 Å². The maximum absolute atomic E-state index is 13.3. The lowest BCUT2D eigenvalue weighted by molar-refractivity contribution is -0.465. The van der Waals surface area contributed by atoms with Gasteiger partial charge in [0, 0.05) is 0 Å². The molecule has 5 nitrogen and oxygen atoms in total. The van der Waals surface area contributed by atoms with Crippen LogP contribution in [0.15, 0.2) is 93.8 Å². The molecule has 5 rings (SSSR count). The molecule has 2 aliphatic rings. The number of hydrogen-bond donors (Lipinski definition) is 0. The first kappa shape index (κ1) is 16.5. The van der Waals surface area contributed by atoms with Crippen molar-refractivity contribution in [3.8, 4) is 0 Å². The van der Waals surface area contributed by atoms with Gasteiger partial charge in [-0.1, -0.05) is 42.5 Å². The topological polar surface area (TPSA) is 62.6 Å². The van der Waals surface area contributed by atoms with Gasteiger partial charge in [-0.25, -0.2) is 4.39 Å². The molecule has 2 heterocycles. The minimum atomic E-state index is -0.996. The van der Waals surface area contributed by atoms with Crippen LogP contribution in [0.1, 0.15) is 23.1 Å². The first-order valence-electron chi connectivity index (χ1n) is 8.82. The lowest BCUT2D eigenvalue weighted by Crippen LogP contribution is -2.20. The third-order valence-corrected chi connectivity index (χ3v) is 5.03. The molecular formula is C22H14FN2O3+. The van der Waals surface area contributed by atoms with Crippen LogP contribution in [0.4, 0.5) is 10.3 Å². The number of carbonyl (C=O) groups is 2. The number of Topliss-reactive ketones (excluding diaryl/α,β-unsaturated/α-hetero) is 2. The summed E-state index contributed by atoms with van der Waals surface area (Å²) in [7, 11) is 0. The molecular weight excluding hydrogens is 359 g/mol. The summed E-state index contributed by atoms with van der Waals surface area (Å²) in [5.74, 6) is -1.71. The third-order valence-electron chi connectivity index (χ3n) is 5.03. The molecule has 0 N–H and O–H groups in total. The Morgan fingerprint density at radius 1 is 0.857 bits per heavy atom. The van der Waals surface area contributed by atoms with Crippen molar-refractivity contribution < 1.29 is 23.1 Å². The molecule has 136 valence electrons. The Labute approximate surface area is 159 Å². The summed E-state index contributed by atoms with van der Waals surface area (Å²) in [5, 5.41) is 4.59. The molecule has 2 atom stereocenters. The lowest BCUT2D eigenvalue weighted by atomic mass is 9.90. The van der Waals surface area contributed by atoms with Crippen LogP contribution >= 0.6 is 0 Å². The number of hydrogen-bond acceptors (Lipinski definition) is 4. The predicted molar refractivity (Wildman–Crippen MR) is 96.4 cm³/mol. The van der Waals surface area contributed by atoms with E-state index >= 15 is 0 Å². The first-order valence-corrected chi connectivity index (χ1v) is 8.82.